The molecule has 3 aromatic heterocycles. The number of fused-ring (bicyclic) bond motifs is 1. The van der Waals surface area contributed by atoms with Crippen LogP contribution >= 0.6 is 11.3 Å². The summed E-state index contributed by atoms with van der Waals surface area (Å²) < 4.78 is 0. The first kappa shape index (κ1) is 16.4. The number of para-hydroxylation sites is 1. The van der Waals surface area contributed by atoms with Crippen LogP contribution in [0.3, 0.4) is 0 Å². The summed E-state index contributed by atoms with van der Waals surface area (Å²) in [5.41, 5.74) is 2.88. The Morgan fingerprint density at radius 3 is 2.69 bits per heavy atom. The minimum atomic E-state index is -0.0858. The number of hydrogen-bond acceptors (Lipinski definition) is 4. The highest BCUT2D eigenvalue weighted by molar-refractivity contribution is 7.09. The lowest BCUT2D eigenvalue weighted by Gasteiger charge is -2.10. The van der Waals surface area contributed by atoms with Crippen LogP contribution in [0.25, 0.3) is 22.3 Å². The summed E-state index contributed by atoms with van der Waals surface area (Å²) in [6.07, 6.45) is 2.56. The van der Waals surface area contributed by atoms with Crippen molar-refractivity contribution < 1.29 is 4.79 Å². The number of carbonyl (C=O) groups excluding carboxylic acids is 1. The van der Waals surface area contributed by atoms with E-state index >= 15 is 0 Å². The second kappa shape index (κ2) is 7.45. The van der Waals surface area contributed by atoms with Crippen molar-refractivity contribution >= 4 is 28.1 Å². The molecule has 5 heteroatoms. The second-order valence-corrected chi connectivity index (χ2v) is 6.90. The molecule has 0 radical (unpaired) electrons. The van der Waals surface area contributed by atoms with Gasteiger partial charge >= 0.3 is 0 Å². The molecule has 4 aromatic rings. The van der Waals surface area contributed by atoms with Crippen molar-refractivity contribution in [3.63, 3.8) is 0 Å². The zero-order chi connectivity index (χ0) is 17.8. The molecule has 4 nitrogen and oxygen atoms in total. The highest BCUT2D eigenvalue weighted by atomic mass is 32.1. The van der Waals surface area contributed by atoms with Gasteiger partial charge in [-0.05, 0) is 42.1 Å². The highest BCUT2D eigenvalue weighted by Gasteiger charge is 2.14. The fourth-order valence-electron chi connectivity index (χ4n) is 2.86. The average molecular weight is 359 g/mol. The van der Waals surface area contributed by atoms with E-state index in [1.807, 2.05) is 60.0 Å². The van der Waals surface area contributed by atoms with Gasteiger partial charge in [-0.15, -0.1) is 11.3 Å². The molecule has 26 heavy (non-hydrogen) atoms. The summed E-state index contributed by atoms with van der Waals surface area (Å²) in [5, 5.41) is 5.92. The molecule has 128 valence electrons. The van der Waals surface area contributed by atoms with Gasteiger partial charge in [0, 0.05) is 23.0 Å². The Hall–Kier alpha value is -3.05. The molecule has 0 fully saturated rings. The molecule has 0 bridgehead atoms. The summed E-state index contributed by atoms with van der Waals surface area (Å²) in [6, 6.07) is 19.3. The number of thiophene rings is 1. The van der Waals surface area contributed by atoms with Crippen molar-refractivity contribution in [2.75, 3.05) is 6.54 Å². The summed E-state index contributed by atoms with van der Waals surface area (Å²) >= 11 is 1.70. The molecule has 0 atom stereocenters. The Morgan fingerprint density at radius 1 is 1.00 bits per heavy atom. The zero-order valence-electron chi connectivity index (χ0n) is 14.1. The van der Waals surface area contributed by atoms with Crippen molar-refractivity contribution in [1.29, 1.82) is 0 Å². The summed E-state index contributed by atoms with van der Waals surface area (Å²) in [5.74, 6) is -0.0858. The van der Waals surface area contributed by atoms with Crippen LogP contribution in [0.2, 0.25) is 0 Å². The average Bonchev–Trinajstić information content (AvgIpc) is 3.21. The minimum Gasteiger partial charge on any atom is -0.352 e. The molecule has 1 amide bonds. The molecule has 0 saturated carbocycles. The number of amides is 1. The van der Waals surface area contributed by atoms with Crippen molar-refractivity contribution in [2.45, 2.75) is 6.42 Å². The maximum atomic E-state index is 12.8. The molecule has 3 heterocycles. The third-order valence-electron chi connectivity index (χ3n) is 4.13. The van der Waals surface area contributed by atoms with Crippen LogP contribution in [0.4, 0.5) is 0 Å². The quantitative estimate of drug-likeness (QED) is 0.577. The van der Waals surface area contributed by atoms with Gasteiger partial charge in [-0.1, -0.05) is 30.3 Å². The first-order valence-electron chi connectivity index (χ1n) is 8.43. The third-order valence-corrected chi connectivity index (χ3v) is 5.06. The fourth-order valence-corrected chi connectivity index (χ4v) is 3.57. The maximum absolute atomic E-state index is 12.8. The van der Waals surface area contributed by atoms with Crippen LogP contribution < -0.4 is 5.32 Å². The molecule has 0 spiro atoms. The normalized spacial score (nSPS) is 10.8. The molecular weight excluding hydrogens is 342 g/mol. The van der Waals surface area contributed by atoms with Crippen molar-refractivity contribution in [1.82, 2.24) is 15.3 Å². The van der Waals surface area contributed by atoms with E-state index in [0.717, 1.165) is 23.0 Å². The van der Waals surface area contributed by atoms with E-state index in [4.69, 9.17) is 0 Å². The number of hydrogen-bond donors (Lipinski definition) is 1. The minimum absolute atomic E-state index is 0.0858. The van der Waals surface area contributed by atoms with E-state index in [1.165, 1.54) is 4.88 Å². The lowest BCUT2D eigenvalue weighted by Crippen LogP contribution is -2.26. The predicted octanol–water partition coefficient (Wildman–Crippen LogP) is 4.33. The van der Waals surface area contributed by atoms with Gasteiger partial charge in [0.1, 0.15) is 0 Å². The number of benzene rings is 1. The monoisotopic (exact) mass is 359 g/mol. The Morgan fingerprint density at radius 2 is 1.88 bits per heavy atom. The predicted molar refractivity (Wildman–Crippen MR) is 105 cm³/mol. The number of aromatic nitrogens is 2. The molecule has 0 aliphatic carbocycles. The first-order chi connectivity index (χ1) is 12.8. The van der Waals surface area contributed by atoms with E-state index in [9.17, 15) is 4.79 Å². The number of rotatable bonds is 5. The van der Waals surface area contributed by atoms with Crippen molar-refractivity contribution in [3.05, 3.63) is 82.7 Å². The van der Waals surface area contributed by atoms with Crippen LogP contribution in [0, 0.1) is 0 Å². The second-order valence-electron chi connectivity index (χ2n) is 5.87. The fraction of sp³-hybridized carbons (Fsp3) is 0.0952. The molecule has 0 saturated heterocycles. The SMILES string of the molecule is O=C(NCCc1cccs1)c1cc(-c2ccccn2)nc2ccccc12. The maximum Gasteiger partial charge on any atom is 0.252 e. The topological polar surface area (TPSA) is 54.9 Å². The van der Waals surface area contributed by atoms with Crippen LogP contribution in [0.15, 0.2) is 72.2 Å². The number of nitrogens with zero attached hydrogens (tertiary/aromatic N) is 2. The lowest BCUT2D eigenvalue weighted by molar-refractivity contribution is 0.0956. The van der Waals surface area contributed by atoms with E-state index in [0.29, 0.717) is 17.8 Å². The van der Waals surface area contributed by atoms with Crippen molar-refractivity contribution in [2.24, 2.45) is 0 Å². The van der Waals surface area contributed by atoms with E-state index in [2.05, 4.69) is 21.4 Å². The third kappa shape index (κ3) is 3.48. The van der Waals surface area contributed by atoms with Gasteiger partial charge in [-0.3, -0.25) is 9.78 Å². The zero-order valence-corrected chi connectivity index (χ0v) is 14.9. The molecule has 0 unspecified atom stereocenters. The number of carbonyl (C=O) groups is 1. The summed E-state index contributed by atoms with van der Waals surface area (Å²) in [4.78, 5) is 23.1. The molecule has 0 aliphatic heterocycles. The lowest BCUT2D eigenvalue weighted by atomic mass is 10.1. The van der Waals surface area contributed by atoms with Crippen LogP contribution in [0.1, 0.15) is 15.2 Å². The molecule has 4 rings (SSSR count). The van der Waals surface area contributed by atoms with Gasteiger partial charge < -0.3 is 5.32 Å². The Bertz CT molecular complexity index is 1030. The molecule has 0 aliphatic rings. The molecular formula is C21H17N3OS. The smallest absolute Gasteiger partial charge is 0.252 e. The van der Waals surface area contributed by atoms with E-state index in [1.54, 1.807) is 17.5 Å². The van der Waals surface area contributed by atoms with Crippen molar-refractivity contribution in [3.8, 4) is 11.4 Å². The Kier molecular flexibility index (Phi) is 4.71. The standard InChI is InChI=1S/C21H17N3OS/c25-21(23-12-10-15-6-5-13-26-15)17-14-20(19-9-3-4-11-22-19)24-18-8-2-1-7-16(17)18/h1-9,11,13-14H,10,12H2,(H,23,25). The highest BCUT2D eigenvalue weighted by Crippen LogP contribution is 2.23. The summed E-state index contributed by atoms with van der Waals surface area (Å²) in [6.45, 7) is 0.606. The molecule has 1 N–H and O–H groups in total. The van der Waals surface area contributed by atoms with Gasteiger partial charge in [0.25, 0.3) is 5.91 Å². The van der Waals surface area contributed by atoms with Gasteiger partial charge in [0.05, 0.1) is 22.5 Å². The van der Waals surface area contributed by atoms with Crippen LogP contribution in [-0.4, -0.2) is 22.4 Å². The van der Waals surface area contributed by atoms with Gasteiger partial charge in [0.2, 0.25) is 0 Å². The Labute approximate surface area is 155 Å². The van der Waals surface area contributed by atoms with E-state index in [-0.39, 0.29) is 5.91 Å². The van der Waals surface area contributed by atoms with Gasteiger partial charge in [-0.25, -0.2) is 4.98 Å². The van der Waals surface area contributed by atoms with E-state index < -0.39 is 0 Å². The van der Waals surface area contributed by atoms with Gasteiger partial charge in [0.15, 0.2) is 0 Å². The first-order valence-corrected chi connectivity index (χ1v) is 9.31. The van der Waals surface area contributed by atoms with Gasteiger partial charge in [-0.2, -0.15) is 0 Å². The number of pyridine rings is 2. The van der Waals surface area contributed by atoms with Crippen LogP contribution in [-0.2, 0) is 6.42 Å². The Balaban J connectivity index is 1.65. The summed E-state index contributed by atoms with van der Waals surface area (Å²) in [7, 11) is 0. The number of nitrogens with one attached hydrogen (secondary N) is 1. The largest absolute Gasteiger partial charge is 0.352 e. The molecule has 1 aromatic carbocycles. The van der Waals surface area contributed by atoms with Crippen LogP contribution in [0.5, 0.6) is 0 Å².